The van der Waals surface area contributed by atoms with Crippen LogP contribution in [-0.4, -0.2) is 55.0 Å². The van der Waals surface area contributed by atoms with Gasteiger partial charge in [-0.25, -0.2) is 0 Å². The van der Waals surface area contributed by atoms with Gasteiger partial charge in [-0.3, -0.25) is 9.69 Å². The average Bonchev–Trinajstić information content (AvgIpc) is 2.54. The first-order valence-corrected chi connectivity index (χ1v) is 8.33. The molecule has 1 aromatic carbocycles. The zero-order chi connectivity index (χ0) is 15.7. The molecule has 2 saturated heterocycles. The van der Waals surface area contributed by atoms with E-state index in [1.165, 1.54) is 12.8 Å². The number of piperidine rings is 1. The first-order valence-electron chi connectivity index (χ1n) is 7.96. The first kappa shape index (κ1) is 15.6. The highest BCUT2D eigenvalue weighted by atomic mass is 35.5. The Morgan fingerprint density at radius 3 is 2.86 bits per heavy atom. The van der Waals surface area contributed by atoms with E-state index in [1.54, 1.807) is 19.2 Å². The van der Waals surface area contributed by atoms with E-state index in [2.05, 4.69) is 11.8 Å². The van der Waals surface area contributed by atoms with Crippen LogP contribution in [0.4, 0.5) is 0 Å². The van der Waals surface area contributed by atoms with Crippen molar-refractivity contribution in [1.82, 2.24) is 9.80 Å². The Kier molecular flexibility index (Phi) is 4.59. The van der Waals surface area contributed by atoms with E-state index in [9.17, 15) is 4.79 Å². The fourth-order valence-corrected chi connectivity index (χ4v) is 3.85. The zero-order valence-electron chi connectivity index (χ0n) is 13.2. The molecule has 0 aliphatic carbocycles. The Morgan fingerprint density at radius 1 is 1.27 bits per heavy atom. The predicted molar refractivity (Wildman–Crippen MR) is 87.7 cm³/mol. The van der Waals surface area contributed by atoms with Gasteiger partial charge in [0, 0.05) is 32.2 Å². The van der Waals surface area contributed by atoms with Crippen molar-refractivity contribution in [2.24, 2.45) is 5.92 Å². The van der Waals surface area contributed by atoms with E-state index in [4.69, 9.17) is 16.3 Å². The van der Waals surface area contributed by atoms with Gasteiger partial charge in [0.15, 0.2) is 0 Å². The first-order chi connectivity index (χ1) is 10.6. The van der Waals surface area contributed by atoms with Gasteiger partial charge in [0.1, 0.15) is 5.75 Å². The number of piperazine rings is 1. The number of amides is 1. The van der Waals surface area contributed by atoms with Crippen molar-refractivity contribution < 1.29 is 9.53 Å². The zero-order valence-corrected chi connectivity index (χ0v) is 14.0. The van der Waals surface area contributed by atoms with Crippen molar-refractivity contribution in [2.45, 2.75) is 25.8 Å². The third-order valence-electron chi connectivity index (χ3n) is 4.84. The Labute approximate surface area is 137 Å². The molecule has 2 aliphatic heterocycles. The van der Waals surface area contributed by atoms with E-state index in [-0.39, 0.29) is 5.91 Å². The number of hydrogen-bond donors (Lipinski definition) is 0. The molecule has 3 rings (SSSR count). The second kappa shape index (κ2) is 6.47. The maximum absolute atomic E-state index is 12.8. The Bertz CT molecular complexity index is 564. The quantitative estimate of drug-likeness (QED) is 0.839. The van der Waals surface area contributed by atoms with Gasteiger partial charge >= 0.3 is 0 Å². The van der Waals surface area contributed by atoms with Gasteiger partial charge in [-0.1, -0.05) is 24.6 Å². The van der Waals surface area contributed by atoms with Gasteiger partial charge in [-0.05, 0) is 30.9 Å². The minimum Gasteiger partial charge on any atom is -0.495 e. The normalized spacial score (nSPS) is 25.7. The molecule has 5 heteroatoms. The van der Waals surface area contributed by atoms with Gasteiger partial charge in [-0.2, -0.15) is 0 Å². The molecule has 1 amide bonds. The Morgan fingerprint density at radius 2 is 2.09 bits per heavy atom. The number of fused-ring (bicyclic) bond motifs is 1. The number of ether oxygens (including phenoxy) is 1. The van der Waals surface area contributed by atoms with E-state index in [0.717, 1.165) is 32.1 Å². The molecule has 1 aromatic rings. The SMILES string of the molecule is COc1cccc(C(=O)N2CCN3C[C@@H](C)CC[C@@H]3C2)c1Cl. The third kappa shape index (κ3) is 2.95. The van der Waals surface area contributed by atoms with E-state index in [1.807, 2.05) is 11.0 Å². The second-order valence-electron chi connectivity index (χ2n) is 6.40. The highest BCUT2D eigenvalue weighted by molar-refractivity contribution is 6.35. The monoisotopic (exact) mass is 322 g/mol. The van der Waals surface area contributed by atoms with E-state index < -0.39 is 0 Å². The van der Waals surface area contributed by atoms with Crippen LogP contribution in [0.1, 0.15) is 30.1 Å². The number of methoxy groups -OCH3 is 1. The summed E-state index contributed by atoms with van der Waals surface area (Å²) in [6.45, 7) is 6.01. The van der Waals surface area contributed by atoms with Gasteiger partial charge in [0.25, 0.3) is 5.91 Å². The molecule has 2 fully saturated rings. The van der Waals surface area contributed by atoms with E-state index >= 15 is 0 Å². The molecule has 2 heterocycles. The topological polar surface area (TPSA) is 32.8 Å². The molecule has 0 bridgehead atoms. The van der Waals surface area contributed by atoms with Crippen molar-refractivity contribution in [2.75, 3.05) is 33.3 Å². The predicted octanol–water partition coefficient (Wildman–Crippen LogP) is 2.90. The molecular formula is C17H23ClN2O2. The van der Waals surface area contributed by atoms with Crippen molar-refractivity contribution in [1.29, 1.82) is 0 Å². The molecule has 0 spiro atoms. The fraction of sp³-hybridized carbons (Fsp3) is 0.588. The lowest BCUT2D eigenvalue weighted by molar-refractivity contribution is 0.0269. The number of nitrogens with zero attached hydrogens (tertiary/aromatic N) is 2. The van der Waals surface area contributed by atoms with Crippen LogP contribution >= 0.6 is 11.6 Å². The number of hydrogen-bond acceptors (Lipinski definition) is 3. The van der Waals surface area contributed by atoms with Gasteiger partial charge in [0.05, 0.1) is 17.7 Å². The maximum atomic E-state index is 12.8. The molecule has 0 saturated carbocycles. The Hall–Kier alpha value is -1.26. The molecular weight excluding hydrogens is 300 g/mol. The molecule has 22 heavy (non-hydrogen) atoms. The van der Waals surface area contributed by atoms with Crippen LogP contribution in [0.15, 0.2) is 18.2 Å². The number of halogens is 1. The molecule has 2 aliphatic rings. The lowest BCUT2D eigenvalue weighted by atomic mass is 9.92. The van der Waals surface area contributed by atoms with Crippen molar-refractivity contribution in [3.63, 3.8) is 0 Å². The van der Waals surface area contributed by atoms with Crippen LogP contribution in [0.5, 0.6) is 5.75 Å². The van der Waals surface area contributed by atoms with Gasteiger partial charge < -0.3 is 9.64 Å². The van der Waals surface area contributed by atoms with Crippen molar-refractivity contribution >= 4 is 17.5 Å². The van der Waals surface area contributed by atoms with Crippen LogP contribution in [0.3, 0.4) is 0 Å². The van der Waals surface area contributed by atoms with Gasteiger partial charge in [0.2, 0.25) is 0 Å². The minimum absolute atomic E-state index is 0.0159. The van der Waals surface area contributed by atoms with Crippen LogP contribution in [0, 0.1) is 5.92 Å². The lowest BCUT2D eigenvalue weighted by Gasteiger charge is -2.45. The minimum atomic E-state index is 0.0159. The highest BCUT2D eigenvalue weighted by Crippen LogP contribution is 2.30. The van der Waals surface area contributed by atoms with Crippen LogP contribution < -0.4 is 4.74 Å². The number of carbonyl (C=O) groups excluding carboxylic acids is 1. The lowest BCUT2D eigenvalue weighted by Crippen LogP contribution is -2.57. The number of carbonyl (C=O) groups is 1. The Balaban J connectivity index is 1.74. The van der Waals surface area contributed by atoms with Crippen LogP contribution in [0.25, 0.3) is 0 Å². The summed E-state index contributed by atoms with van der Waals surface area (Å²) < 4.78 is 5.21. The van der Waals surface area contributed by atoms with Gasteiger partial charge in [-0.15, -0.1) is 0 Å². The summed E-state index contributed by atoms with van der Waals surface area (Å²) in [4.78, 5) is 17.3. The molecule has 0 aromatic heterocycles. The molecule has 2 atom stereocenters. The second-order valence-corrected chi connectivity index (χ2v) is 6.78. The summed E-state index contributed by atoms with van der Waals surface area (Å²) in [6.07, 6.45) is 2.43. The molecule has 0 N–H and O–H groups in total. The summed E-state index contributed by atoms with van der Waals surface area (Å²) in [5.74, 6) is 1.34. The van der Waals surface area contributed by atoms with Crippen molar-refractivity contribution in [3.8, 4) is 5.75 Å². The van der Waals surface area contributed by atoms with Crippen LogP contribution in [0.2, 0.25) is 5.02 Å². The molecule has 120 valence electrons. The fourth-order valence-electron chi connectivity index (χ4n) is 3.56. The standard InChI is InChI=1S/C17H23ClN2O2/c1-12-6-7-13-11-20(9-8-19(13)10-12)17(21)14-4-3-5-15(22-2)16(14)18/h3-5,12-13H,6-11H2,1-2H3/t12-,13+/m0/s1. The average molecular weight is 323 g/mol. The number of rotatable bonds is 2. The summed E-state index contributed by atoms with van der Waals surface area (Å²) in [7, 11) is 1.57. The summed E-state index contributed by atoms with van der Waals surface area (Å²) in [5, 5.41) is 0.412. The molecule has 4 nitrogen and oxygen atoms in total. The number of benzene rings is 1. The smallest absolute Gasteiger partial charge is 0.255 e. The summed E-state index contributed by atoms with van der Waals surface area (Å²) in [5.41, 5.74) is 0.540. The van der Waals surface area contributed by atoms with Crippen molar-refractivity contribution in [3.05, 3.63) is 28.8 Å². The largest absolute Gasteiger partial charge is 0.495 e. The van der Waals surface area contributed by atoms with Crippen LogP contribution in [-0.2, 0) is 0 Å². The highest BCUT2D eigenvalue weighted by Gasteiger charge is 2.33. The summed E-state index contributed by atoms with van der Waals surface area (Å²) >= 11 is 6.30. The third-order valence-corrected chi connectivity index (χ3v) is 5.23. The van der Waals surface area contributed by atoms with E-state index in [0.29, 0.717) is 22.4 Å². The maximum Gasteiger partial charge on any atom is 0.255 e. The molecule has 0 radical (unpaired) electrons. The molecule has 0 unspecified atom stereocenters. The summed E-state index contributed by atoms with van der Waals surface area (Å²) in [6, 6.07) is 5.87.